The Kier molecular flexibility index (Phi) is 3.71. The molecular weight excluding hydrogens is 234 g/mol. The van der Waals surface area contributed by atoms with Crippen LogP contribution in [0, 0.1) is 0 Å². The van der Waals surface area contributed by atoms with Gasteiger partial charge in [0.25, 0.3) is 0 Å². The zero-order valence-electron chi connectivity index (χ0n) is 7.29. The summed E-state index contributed by atoms with van der Waals surface area (Å²) in [5.41, 5.74) is 0.704. The first-order valence-corrected chi connectivity index (χ1v) is 4.75. The summed E-state index contributed by atoms with van der Waals surface area (Å²) >= 11 is 3.17. The molecule has 4 heteroatoms. The van der Waals surface area contributed by atoms with Gasteiger partial charge in [-0.05, 0) is 40.7 Å². The van der Waals surface area contributed by atoms with Crippen LogP contribution in [0.1, 0.15) is 11.7 Å². The van der Waals surface area contributed by atoms with Crippen LogP contribution in [0.5, 0.6) is 5.75 Å². The molecular formula is C9H12BrNO2. The van der Waals surface area contributed by atoms with Gasteiger partial charge in [-0.3, -0.25) is 0 Å². The molecule has 0 radical (unpaired) electrons. The largest absolute Gasteiger partial charge is 0.507 e. The highest BCUT2D eigenvalue weighted by Crippen LogP contribution is 2.26. The fourth-order valence-electron chi connectivity index (χ4n) is 1.05. The molecule has 1 aromatic rings. The highest BCUT2D eigenvalue weighted by atomic mass is 79.9. The van der Waals surface area contributed by atoms with Crippen molar-refractivity contribution in [1.29, 1.82) is 0 Å². The first kappa shape index (κ1) is 10.5. The standard InChI is InChI=1S/C9H12BrNO2/c1-11-5-9(13)6-2-3-7(10)8(12)4-6/h2-4,9,11-13H,5H2,1H3/t9-/m0/s1. The number of hydrogen-bond donors (Lipinski definition) is 3. The number of rotatable bonds is 3. The first-order chi connectivity index (χ1) is 6.15. The Bertz CT molecular complexity index is 291. The summed E-state index contributed by atoms with van der Waals surface area (Å²) in [6.07, 6.45) is -0.580. The van der Waals surface area contributed by atoms with Crippen LogP contribution in [0.3, 0.4) is 0 Å². The molecule has 13 heavy (non-hydrogen) atoms. The van der Waals surface area contributed by atoms with Gasteiger partial charge in [-0.15, -0.1) is 0 Å². The highest BCUT2D eigenvalue weighted by molar-refractivity contribution is 9.10. The smallest absolute Gasteiger partial charge is 0.130 e. The minimum absolute atomic E-state index is 0.146. The molecule has 0 bridgehead atoms. The minimum Gasteiger partial charge on any atom is -0.507 e. The highest BCUT2D eigenvalue weighted by Gasteiger charge is 2.07. The van der Waals surface area contributed by atoms with Crippen LogP contribution in [0.25, 0.3) is 0 Å². The topological polar surface area (TPSA) is 52.5 Å². The van der Waals surface area contributed by atoms with E-state index in [1.165, 1.54) is 0 Å². The van der Waals surface area contributed by atoms with E-state index < -0.39 is 6.10 Å². The van der Waals surface area contributed by atoms with Gasteiger partial charge in [-0.1, -0.05) is 6.07 Å². The van der Waals surface area contributed by atoms with E-state index >= 15 is 0 Å². The van der Waals surface area contributed by atoms with Crippen molar-refractivity contribution in [3.63, 3.8) is 0 Å². The van der Waals surface area contributed by atoms with Gasteiger partial charge >= 0.3 is 0 Å². The van der Waals surface area contributed by atoms with Crippen LogP contribution in [-0.2, 0) is 0 Å². The van der Waals surface area contributed by atoms with Crippen LogP contribution >= 0.6 is 15.9 Å². The molecule has 1 atom stereocenters. The average molecular weight is 246 g/mol. The molecule has 0 aliphatic rings. The maximum atomic E-state index is 9.55. The normalized spacial score (nSPS) is 12.8. The van der Waals surface area contributed by atoms with Crippen LogP contribution in [0.4, 0.5) is 0 Å². The summed E-state index contributed by atoms with van der Waals surface area (Å²) in [5, 5.41) is 21.7. The Hall–Kier alpha value is -0.580. The van der Waals surface area contributed by atoms with Crippen molar-refractivity contribution in [3.8, 4) is 5.75 Å². The predicted molar refractivity (Wildman–Crippen MR) is 54.7 cm³/mol. The number of nitrogens with one attached hydrogen (secondary N) is 1. The number of benzene rings is 1. The van der Waals surface area contributed by atoms with Crippen LogP contribution in [0.15, 0.2) is 22.7 Å². The zero-order valence-corrected chi connectivity index (χ0v) is 8.87. The molecule has 0 spiro atoms. The van der Waals surface area contributed by atoms with E-state index in [0.29, 0.717) is 16.6 Å². The van der Waals surface area contributed by atoms with Crippen molar-refractivity contribution in [2.75, 3.05) is 13.6 Å². The van der Waals surface area contributed by atoms with Crippen molar-refractivity contribution < 1.29 is 10.2 Å². The van der Waals surface area contributed by atoms with Gasteiger partial charge in [0.15, 0.2) is 0 Å². The van der Waals surface area contributed by atoms with Crippen LogP contribution in [-0.4, -0.2) is 23.8 Å². The molecule has 3 nitrogen and oxygen atoms in total. The predicted octanol–water partition coefficient (Wildman–Crippen LogP) is 1.41. The van der Waals surface area contributed by atoms with Gasteiger partial charge in [0.2, 0.25) is 0 Å². The third-order valence-electron chi connectivity index (χ3n) is 1.75. The quantitative estimate of drug-likeness (QED) is 0.755. The van der Waals surface area contributed by atoms with Crippen molar-refractivity contribution in [2.45, 2.75) is 6.10 Å². The number of halogens is 1. The van der Waals surface area contributed by atoms with Gasteiger partial charge in [-0.2, -0.15) is 0 Å². The second-order valence-electron chi connectivity index (χ2n) is 2.78. The van der Waals surface area contributed by atoms with E-state index in [1.54, 1.807) is 25.2 Å². The summed E-state index contributed by atoms with van der Waals surface area (Å²) in [7, 11) is 1.77. The lowest BCUT2D eigenvalue weighted by atomic mass is 10.1. The average Bonchev–Trinajstić information content (AvgIpc) is 2.10. The van der Waals surface area contributed by atoms with Gasteiger partial charge in [-0.25, -0.2) is 0 Å². The van der Waals surface area contributed by atoms with Crippen molar-refractivity contribution >= 4 is 15.9 Å². The molecule has 3 N–H and O–H groups in total. The van der Waals surface area contributed by atoms with E-state index in [2.05, 4.69) is 21.2 Å². The lowest BCUT2D eigenvalue weighted by Gasteiger charge is -2.10. The Balaban J connectivity index is 2.84. The fourth-order valence-corrected chi connectivity index (χ4v) is 1.29. The van der Waals surface area contributed by atoms with Crippen LogP contribution < -0.4 is 5.32 Å². The summed E-state index contributed by atoms with van der Waals surface area (Å²) in [6.45, 7) is 0.473. The number of aromatic hydroxyl groups is 1. The number of aliphatic hydroxyl groups excluding tert-OH is 1. The Morgan fingerprint density at radius 1 is 1.54 bits per heavy atom. The van der Waals surface area contributed by atoms with E-state index in [9.17, 15) is 10.2 Å². The molecule has 0 amide bonds. The molecule has 0 fully saturated rings. The number of hydrogen-bond acceptors (Lipinski definition) is 3. The summed E-state index contributed by atoms with van der Waals surface area (Å²) < 4.78 is 0.632. The molecule has 0 unspecified atom stereocenters. The maximum absolute atomic E-state index is 9.55. The van der Waals surface area contributed by atoms with E-state index in [1.807, 2.05) is 0 Å². The maximum Gasteiger partial charge on any atom is 0.130 e. The van der Waals surface area contributed by atoms with Gasteiger partial charge in [0, 0.05) is 6.54 Å². The molecule has 0 saturated heterocycles. The molecule has 0 aromatic heterocycles. The van der Waals surface area contributed by atoms with Crippen molar-refractivity contribution in [1.82, 2.24) is 5.32 Å². The van der Waals surface area contributed by atoms with Gasteiger partial charge in [0.1, 0.15) is 5.75 Å². The summed E-state index contributed by atoms with van der Waals surface area (Å²) in [5.74, 6) is 0.146. The summed E-state index contributed by atoms with van der Waals surface area (Å²) in [6, 6.07) is 5.03. The molecule has 1 rings (SSSR count). The Morgan fingerprint density at radius 3 is 2.77 bits per heavy atom. The third kappa shape index (κ3) is 2.69. The van der Waals surface area contributed by atoms with Crippen molar-refractivity contribution in [2.24, 2.45) is 0 Å². The zero-order chi connectivity index (χ0) is 9.84. The third-order valence-corrected chi connectivity index (χ3v) is 2.42. The second-order valence-corrected chi connectivity index (χ2v) is 3.64. The number of likely N-dealkylation sites (N-methyl/N-ethyl adjacent to an activating group) is 1. The monoisotopic (exact) mass is 245 g/mol. The molecule has 0 aliphatic heterocycles. The lowest BCUT2D eigenvalue weighted by molar-refractivity contribution is 0.177. The number of phenols is 1. The van der Waals surface area contributed by atoms with Crippen molar-refractivity contribution in [3.05, 3.63) is 28.2 Å². The minimum atomic E-state index is -0.580. The lowest BCUT2D eigenvalue weighted by Crippen LogP contribution is -2.16. The van der Waals surface area contributed by atoms with Gasteiger partial charge in [0.05, 0.1) is 10.6 Å². The fraction of sp³-hybridized carbons (Fsp3) is 0.333. The van der Waals surface area contributed by atoms with Gasteiger partial charge < -0.3 is 15.5 Å². The molecule has 0 saturated carbocycles. The molecule has 72 valence electrons. The Labute approximate surface area is 85.5 Å². The Morgan fingerprint density at radius 2 is 2.23 bits per heavy atom. The molecule has 1 aromatic carbocycles. The summed E-state index contributed by atoms with van der Waals surface area (Å²) in [4.78, 5) is 0. The first-order valence-electron chi connectivity index (χ1n) is 3.96. The molecule has 0 aliphatic carbocycles. The molecule has 0 heterocycles. The SMILES string of the molecule is CNC[C@H](O)c1ccc(Br)c(O)c1. The number of phenolic OH excluding ortho intramolecular Hbond substituents is 1. The second kappa shape index (κ2) is 4.60. The van der Waals surface area contributed by atoms with E-state index in [0.717, 1.165) is 0 Å². The van der Waals surface area contributed by atoms with E-state index in [-0.39, 0.29) is 5.75 Å². The van der Waals surface area contributed by atoms with Crippen LogP contribution in [0.2, 0.25) is 0 Å². The number of aliphatic hydroxyl groups is 1. The van der Waals surface area contributed by atoms with E-state index in [4.69, 9.17) is 0 Å².